The van der Waals surface area contributed by atoms with Crippen LogP contribution in [0.25, 0.3) is 11.4 Å². The molecular formula is C10H7Cl2N3. The lowest BCUT2D eigenvalue weighted by molar-refractivity contribution is 0.984. The zero-order valence-electron chi connectivity index (χ0n) is 7.91. The van der Waals surface area contributed by atoms with Crippen LogP contribution < -0.4 is 0 Å². The van der Waals surface area contributed by atoms with Crippen LogP contribution in [0.5, 0.6) is 0 Å². The van der Waals surface area contributed by atoms with E-state index >= 15 is 0 Å². The predicted molar refractivity (Wildman–Crippen MR) is 60.0 cm³/mol. The Morgan fingerprint density at radius 2 is 1.60 bits per heavy atom. The Hall–Kier alpha value is -1.19. The molecule has 1 aromatic heterocycles. The van der Waals surface area contributed by atoms with E-state index in [1.165, 1.54) is 0 Å². The average Bonchev–Trinajstić information content (AvgIpc) is 2.17. The first-order chi connectivity index (χ1) is 7.15. The van der Waals surface area contributed by atoms with E-state index in [1.807, 2.05) is 12.1 Å². The van der Waals surface area contributed by atoms with Gasteiger partial charge in [-0.25, -0.2) is 9.97 Å². The van der Waals surface area contributed by atoms with Gasteiger partial charge >= 0.3 is 0 Å². The number of hydrogen-bond donors (Lipinski definition) is 0. The SMILES string of the molecule is Cc1nc(Cl)nc(-c2ccc(Cl)cc2)n1. The topological polar surface area (TPSA) is 38.7 Å². The molecule has 0 saturated carbocycles. The van der Waals surface area contributed by atoms with Crippen molar-refractivity contribution in [1.29, 1.82) is 0 Å². The van der Waals surface area contributed by atoms with Crippen molar-refractivity contribution in [3.05, 3.63) is 40.4 Å². The van der Waals surface area contributed by atoms with E-state index < -0.39 is 0 Å². The third-order valence-corrected chi connectivity index (χ3v) is 2.24. The van der Waals surface area contributed by atoms with E-state index in [9.17, 15) is 0 Å². The Balaban J connectivity index is 2.49. The maximum atomic E-state index is 5.78. The van der Waals surface area contributed by atoms with Gasteiger partial charge in [-0.3, -0.25) is 0 Å². The van der Waals surface area contributed by atoms with Crippen molar-refractivity contribution in [1.82, 2.24) is 15.0 Å². The molecule has 0 amide bonds. The van der Waals surface area contributed by atoms with E-state index in [1.54, 1.807) is 19.1 Å². The summed E-state index contributed by atoms with van der Waals surface area (Å²) >= 11 is 11.5. The summed E-state index contributed by atoms with van der Waals surface area (Å²) in [5.74, 6) is 1.16. The zero-order chi connectivity index (χ0) is 10.8. The Morgan fingerprint density at radius 3 is 2.20 bits per heavy atom. The minimum atomic E-state index is 0.201. The summed E-state index contributed by atoms with van der Waals surface area (Å²) in [6.07, 6.45) is 0. The van der Waals surface area contributed by atoms with Gasteiger partial charge in [0.05, 0.1) is 0 Å². The van der Waals surface area contributed by atoms with Crippen LogP contribution >= 0.6 is 23.2 Å². The van der Waals surface area contributed by atoms with Crippen molar-refractivity contribution in [2.24, 2.45) is 0 Å². The van der Waals surface area contributed by atoms with Gasteiger partial charge in [0.1, 0.15) is 5.82 Å². The Bertz CT molecular complexity index is 462. The predicted octanol–water partition coefficient (Wildman–Crippen LogP) is 3.15. The molecule has 76 valence electrons. The standard InChI is InChI=1S/C10H7Cl2N3/c1-6-13-9(15-10(12)14-6)7-2-4-8(11)5-3-7/h2-5H,1H3. The second-order valence-corrected chi connectivity index (χ2v) is 3.76. The molecule has 1 aromatic carbocycles. The lowest BCUT2D eigenvalue weighted by atomic mass is 10.2. The molecular weight excluding hydrogens is 233 g/mol. The molecule has 0 saturated heterocycles. The lowest BCUT2D eigenvalue weighted by Gasteiger charge is -2.01. The number of rotatable bonds is 1. The fourth-order valence-corrected chi connectivity index (χ4v) is 1.51. The fraction of sp³-hybridized carbons (Fsp3) is 0.100. The third kappa shape index (κ3) is 2.43. The van der Waals surface area contributed by atoms with Crippen LogP contribution in [0.4, 0.5) is 0 Å². The molecule has 15 heavy (non-hydrogen) atoms. The maximum Gasteiger partial charge on any atom is 0.226 e. The number of hydrogen-bond acceptors (Lipinski definition) is 3. The van der Waals surface area contributed by atoms with Crippen LogP contribution in [-0.4, -0.2) is 15.0 Å². The molecule has 0 spiro atoms. The van der Waals surface area contributed by atoms with Crippen LogP contribution in [0.2, 0.25) is 10.3 Å². The molecule has 0 aliphatic rings. The van der Waals surface area contributed by atoms with Gasteiger partial charge in [0.2, 0.25) is 5.28 Å². The van der Waals surface area contributed by atoms with E-state index in [0.29, 0.717) is 16.7 Å². The Labute approximate surface area is 97.1 Å². The fourth-order valence-electron chi connectivity index (χ4n) is 1.18. The Kier molecular flexibility index (Phi) is 2.84. The summed E-state index contributed by atoms with van der Waals surface area (Å²) in [6, 6.07) is 7.24. The summed E-state index contributed by atoms with van der Waals surface area (Å²) in [5.41, 5.74) is 0.867. The van der Waals surface area contributed by atoms with Gasteiger partial charge < -0.3 is 0 Å². The monoisotopic (exact) mass is 239 g/mol. The molecule has 2 aromatic rings. The quantitative estimate of drug-likeness (QED) is 0.768. The minimum Gasteiger partial charge on any atom is -0.213 e. The number of aryl methyl sites for hydroxylation is 1. The van der Waals surface area contributed by atoms with Gasteiger partial charge in [0.25, 0.3) is 0 Å². The summed E-state index contributed by atoms with van der Waals surface area (Å²) in [4.78, 5) is 12.1. The summed E-state index contributed by atoms with van der Waals surface area (Å²) in [6.45, 7) is 1.77. The smallest absolute Gasteiger partial charge is 0.213 e. The highest BCUT2D eigenvalue weighted by molar-refractivity contribution is 6.30. The number of aromatic nitrogens is 3. The van der Waals surface area contributed by atoms with E-state index in [2.05, 4.69) is 15.0 Å². The first kappa shape index (κ1) is 10.3. The number of nitrogens with zero attached hydrogens (tertiary/aromatic N) is 3. The molecule has 5 heteroatoms. The summed E-state index contributed by atoms with van der Waals surface area (Å²) in [5, 5.41) is 0.878. The third-order valence-electron chi connectivity index (χ3n) is 1.82. The van der Waals surface area contributed by atoms with Crippen molar-refractivity contribution in [3.63, 3.8) is 0 Å². The molecule has 3 nitrogen and oxygen atoms in total. The van der Waals surface area contributed by atoms with Crippen molar-refractivity contribution in [2.45, 2.75) is 6.92 Å². The summed E-state index contributed by atoms with van der Waals surface area (Å²) < 4.78 is 0. The highest BCUT2D eigenvalue weighted by Crippen LogP contribution is 2.18. The second-order valence-electron chi connectivity index (χ2n) is 2.98. The average molecular weight is 240 g/mol. The first-order valence-corrected chi connectivity index (χ1v) is 5.05. The molecule has 1 heterocycles. The minimum absolute atomic E-state index is 0.201. The van der Waals surface area contributed by atoms with Gasteiger partial charge in [-0.2, -0.15) is 4.98 Å². The molecule has 0 fully saturated rings. The second kappa shape index (κ2) is 4.13. The van der Waals surface area contributed by atoms with Crippen molar-refractivity contribution in [2.75, 3.05) is 0 Å². The highest BCUT2D eigenvalue weighted by Gasteiger charge is 2.04. The molecule has 0 N–H and O–H groups in total. The van der Waals surface area contributed by atoms with Crippen molar-refractivity contribution in [3.8, 4) is 11.4 Å². The van der Waals surface area contributed by atoms with Crippen molar-refractivity contribution >= 4 is 23.2 Å². The Morgan fingerprint density at radius 1 is 0.933 bits per heavy atom. The van der Waals surface area contributed by atoms with Gasteiger partial charge in [-0.1, -0.05) is 11.6 Å². The van der Waals surface area contributed by atoms with E-state index in [0.717, 1.165) is 5.56 Å². The van der Waals surface area contributed by atoms with Crippen LogP contribution in [-0.2, 0) is 0 Å². The molecule has 0 radical (unpaired) electrons. The van der Waals surface area contributed by atoms with Crippen LogP contribution in [0.3, 0.4) is 0 Å². The number of halogens is 2. The van der Waals surface area contributed by atoms with Crippen LogP contribution in [0.15, 0.2) is 24.3 Å². The van der Waals surface area contributed by atoms with Crippen molar-refractivity contribution < 1.29 is 0 Å². The van der Waals surface area contributed by atoms with E-state index in [-0.39, 0.29) is 5.28 Å². The molecule has 0 bridgehead atoms. The zero-order valence-corrected chi connectivity index (χ0v) is 9.42. The maximum absolute atomic E-state index is 5.78. The number of benzene rings is 1. The van der Waals surface area contributed by atoms with Gasteiger partial charge in [-0.05, 0) is 42.8 Å². The molecule has 0 aliphatic heterocycles. The molecule has 0 atom stereocenters. The van der Waals surface area contributed by atoms with Gasteiger partial charge in [0, 0.05) is 10.6 Å². The largest absolute Gasteiger partial charge is 0.226 e. The summed E-state index contributed by atoms with van der Waals surface area (Å²) in [7, 11) is 0. The first-order valence-electron chi connectivity index (χ1n) is 4.29. The normalized spacial score (nSPS) is 10.3. The van der Waals surface area contributed by atoms with Crippen LogP contribution in [0, 0.1) is 6.92 Å². The molecule has 2 rings (SSSR count). The van der Waals surface area contributed by atoms with Crippen LogP contribution in [0.1, 0.15) is 5.82 Å². The molecule has 0 unspecified atom stereocenters. The van der Waals surface area contributed by atoms with Gasteiger partial charge in [0.15, 0.2) is 5.82 Å². The highest BCUT2D eigenvalue weighted by atomic mass is 35.5. The van der Waals surface area contributed by atoms with Gasteiger partial charge in [-0.15, -0.1) is 0 Å². The van der Waals surface area contributed by atoms with E-state index in [4.69, 9.17) is 23.2 Å². The molecule has 0 aliphatic carbocycles. The lowest BCUT2D eigenvalue weighted by Crippen LogP contribution is -1.95.